The smallest absolute Gasteiger partial charge is 0.192 e. The highest BCUT2D eigenvalue weighted by atomic mass is 33.1. The molecule has 0 amide bonds. The molecule has 0 radical (unpaired) electrons. The van der Waals surface area contributed by atoms with Crippen LogP contribution in [-0.4, -0.2) is 18.2 Å². The van der Waals surface area contributed by atoms with Gasteiger partial charge in [0.05, 0.1) is 0 Å². The van der Waals surface area contributed by atoms with Gasteiger partial charge in [0.15, 0.2) is 5.55 Å². The third kappa shape index (κ3) is 2.47. The molecule has 1 heterocycles. The number of hydrogen-bond acceptors (Lipinski definition) is 3. The van der Waals surface area contributed by atoms with Crippen molar-refractivity contribution in [3.8, 4) is 12.3 Å². The van der Waals surface area contributed by atoms with Gasteiger partial charge in [-0.1, -0.05) is 22.8 Å². The summed E-state index contributed by atoms with van der Waals surface area (Å²) in [6.07, 6.45) is 8.96. The van der Waals surface area contributed by atoms with Crippen LogP contribution in [0.4, 0.5) is 0 Å². The number of hydrogen-bond donors (Lipinski definition) is 0. The van der Waals surface area contributed by atoms with Crippen LogP contribution in [0.25, 0.3) is 0 Å². The van der Waals surface area contributed by atoms with Gasteiger partial charge in [0.2, 0.25) is 0 Å². The molecule has 1 fully saturated rings. The first-order valence-electron chi connectivity index (χ1n) is 3.45. The largest absolute Gasteiger partial charge is 0.300 e. The summed E-state index contributed by atoms with van der Waals surface area (Å²) in [6, 6.07) is 0. The summed E-state index contributed by atoms with van der Waals surface area (Å²) in [4.78, 5) is 0. The Bertz CT molecular complexity index is 221. The van der Waals surface area contributed by atoms with Crippen molar-refractivity contribution in [3.63, 3.8) is 0 Å². The van der Waals surface area contributed by atoms with Crippen molar-refractivity contribution in [1.29, 1.82) is 0 Å². The topological polar surface area (TPSA) is 17.1 Å². The quantitative estimate of drug-likeness (QED) is 0.485. The first-order chi connectivity index (χ1) is 5.20. The zero-order valence-electron chi connectivity index (χ0n) is 6.45. The lowest BCUT2D eigenvalue weighted by molar-refractivity contribution is 0.584. The summed E-state index contributed by atoms with van der Waals surface area (Å²) in [7, 11) is 0. The second kappa shape index (κ2) is 3.94. The Kier molecular flexibility index (Phi) is 3.43. The minimum atomic E-state index is -1.98. The van der Waals surface area contributed by atoms with E-state index in [-0.39, 0.29) is 5.92 Å². The fourth-order valence-corrected chi connectivity index (χ4v) is 7.80. The predicted octanol–water partition coefficient (Wildman–Crippen LogP) is 2.93. The van der Waals surface area contributed by atoms with Crippen LogP contribution in [0.3, 0.4) is 0 Å². The molecular formula is C7H11OPS2. The van der Waals surface area contributed by atoms with Crippen LogP contribution in [0.2, 0.25) is 0 Å². The van der Waals surface area contributed by atoms with Crippen LogP contribution in [0.15, 0.2) is 0 Å². The van der Waals surface area contributed by atoms with Gasteiger partial charge >= 0.3 is 0 Å². The molecule has 4 heteroatoms. The molecule has 2 unspecified atom stereocenters. The molecule has 1 nitrogen and oxygen atoms in total. The van der Waals surface area contributed by atoms with E-state index in [9.17, 15) is 4.57 Å². The fourth-order valence-electron chi connectivity index (χ4n) is 1.01. The minimum absolute atomic E-state index is 0.259. The van der Waals surface area contributed by atoms with Crippen molar-refractivity contribution in [1.82, 2.24) is 0 Å². The van der Waals surface area contributed by atoms with Crippen LogP contribution >= 0.6 is 28.3 Å². The molecule has 1 rings (SSSR count). The van der Waals surface area contributed by atoms with Crippen molar-refractivity contribution in [2.24, 2.45) is 5.92 Å². The van der Waals surface area contributed by atoms with E-state index in [0.717, 1.165) is 18.3 Å². The Labute approximate surface area is 76.0 Å². The SMILES string of the molecule is C#CC1CCSP(=O)(SC)C1. The Morgan fingerprint density at radius 2 is 2.55 bits per heavy atom. The first kappa shape index (κ1) is 9.58. The standard InChI is InChI=1S/C7H11OPS2/c1-3-7-4-5-11-9(8,6-7)10-2/h1,7H,4-6H2,2H3. The van der Waals surface area contributed by atoms with Gasteiger partial charge in [0, 0.05) is 17.8 Å². The van der Waals surface area contributed by atoms with Crippen molar-refractivity contribution >= 4 is 28.3 Å². The molecule has 62 valence electrons. The van der Waals surface area contributed by atoms with Gasteiger partial charge in [-0.15, -0.1) is 12.3 Å². The number of rotatable bonds is 1. The molecule has 0 bridgehead atoms. The van der Waals surface area contributed by atoms with E-state index in [0.29, 0.717) is 0 Å². The van der Waals surface area contributed by atoms with Gasteiger partial charge in [0.25, 0.3) is 0 Å². The lowest BCUT2D eigenvalue weighted by Gasteiger charge is -2.23. The normalized spacial score (nSPS) is 38.0. The summed E-state index contributed by atoms with van der Waals surface area (Å²) >= 11 is 3.10. The maximum Gasteiger partial charge on any atom is 0.192 e. The second-order valence-corrected chi connectivity index (χ2v) is 11.2. The van der Waals surface area contributed by atoms with Crippen LogP contribution < -0.4 is 0 Å². The van der Waals surface area contributed by atoms with E-state index >= 15 is 0 Å². The van der Waals surface area contributed by atoms with E-state index in [1.165, 1.54) is 11.4 Å². The van der Waals surface area contributed by atoms with E-state index in [4.69, 9.17) is 6.42 Å². The third-order valence-electron chi connectivity index (χ3n) is 1.71. The highest BCUT2D eigenvalue weighted by Gasteiger charge is 2.29. The Hall–Kier alpha value is 0.490. The monoisotopic (exact) mass is 206 g/mol. The molecular weight excluding hydrogens is 195 g/mol. The zero-order valence-corrected chi connectivity index (χ0v) is 8.98. The summed E-state index contributed by atoms with van der Waals surface area (Å²) in [5, 5.41) is 0. The molecule has 0 N–H and O–H groups in total. The van der Waals surface area contributed by atoms with Crippen molar-refractivity contribution in [2.75, 3.05) is 18.2 Å². The van der Waals surface area contributed by atoms with Crippen molar-refractivity contribution in [3.05, 3.63) is 0 Å². The van der Waals surface area contributed by atoms with Gasteiger partial charge < -0.3 is 4.57 Å². The summed E-state index contributed by atoms with van der Waals surface area (Å²) < 4.78 is 11.8. The molecule has 0 aliphatic carbocycles. The van der Waals surface area contributed by atoms with Gasteiger partial charge in [0.1, 0.15) is 0 Å². The molecule has 1 aliphatic heterocycles. The highest BCUT2D eigenvalue weighted by Crippen LogP contribution is 2.70. The average molecular weight is 206 g/mol. The van der Waals surface area contributed by atoms with Gasteiger partial charge in [-0.2, -0.15) is 0 Å². The Balaban J connectivity index is 2.61. The lowest BCUT2D eigenvalue weighted by Crippen LogP contribution is -2.08. The molecule has 0 aromatic rings. The average Bonchev–Trinajstić information content (AvgIpc) is 2.05. The zero-order chi connectivity index (χ0) is 8.32. The van der Waals surface area contributed by atoms with E-state index in [1.54, 1.807) is 11.4 Å². The van der Waals surface area contributed by atoms with Crippen LogP contribution in [0.1, 0.15) is 6.42 Å². The minimum Gasteiger partial charge on any atom is -0.300 e. The Morgan fingerprint density at radius 3 is 3.09 bits per heavy atom. The molecule has 1 aliphatic rings. The van der Waals surface area contributed by atoms with Crippen LogP contribution in [0.5, 0.6) is 0 Å². The predicted molar refractivity (Wildman–Crippen MR) is 55.4 cm³/mol. The van der Waals surface area contributed by atoms with Gasteiger partial charge in [-0.25, -0.2) is 0 Å². The molecule has 0 spiro atoms. The maximum atomic E-state index is 11.8. The number of terminal acetylenes is 1. The molecule has 0 saturated carbocycles. The lowest BCUT2D eigenvalue weighted by atomic mass is 10.1. The van der Waals surface area contributed by atoms with E-state index in [1.807, 2.05) is 6.26 Å². The summed E-state index contributed by atoms with van der Waals surface area (Å²) in [5.74, 6) is 3.92. The maximum absolute atomic E-state index is 11.8. The second-order valence-electron chi connectivity index (χ2n) is 2.46. The van der Waals surface area contributed by atoms with E-state index in [2.05, 4.69) is 5.92 Å². The van der Waals surface area contributed by atoms with Crippen LogP contribution in [-0.2, 0) is 4.57 Å². The molecule has 11 heavy (non-hydrogen) atoms. The fraction of sp³-hybridized carbons (Fsp3) is 0.714. The van der Waals surface area contributed by atoms with Crippen LogP contribution in [0, 0.1) is 18.3 Å². The van der Waals surface area contributed by atoms with E-state index < -0.39 is 5.55 Å². The van der Waals surface area contributed by atoms with Gasteiger partial charge in [-0.3, -0.25) is 0 Å². The Morgan fingerprint density at radius 1 is 1.82 bits per heavy atom. The molecule has 0 aromatic carbocycles. The van der Waals surface area contributed by atoms with Gasteiger partial charge in [-0.05, 0) is 12.7 Å². The third-order valence-corrected chi connectivity index (χ3v) is 10.5. The molecule has 0 aromatic heterocycles. The van der Waals surface area contributed by atoms with Crippen molar-refractivity contribution in [2.45, 2.75) is 6.42 Å². The summed E-state index contributed by atoms with van der Waals surface area (Å²) in [6.45, 7) is 0. The highest BCUT2D eigenvalue weighted by molar-refractivity contribution is 8.90. The molecule has 2 atom stereocenters. The first-order valence-corrected chi connectivity index (χ1v) is 8.77. The summed E-state index contributed by atoms with van der Waals surface area (Å²) in [5.41, 5.74) is -1.98. The van der Waals surface area contributed by atoms with Crippen molar-refractivity contribution < 1.29 is 4.57 Å². The molecule has 1 saturated heterocycles.